The number of nitrogens with zero attached hydrogens (tertiary/aromatic N) is 1. The lowest BCUT2D eigenvalue weighted by Gasteiger charge is -2.43. The van der Waals surface area contributed by atoms with E-state index in [0.717, 1.165) is 31.7 Å². The number of halogens is 1. The Balaban J connectivity index is 2.01. The molecule has 0 N–H and O–H groups in total. The SMILES string of the molecule is COc1ccc(I)c2c1CC1C(C2)OCCN1C. The summed E-state index contributed by atoms with van der Waals surface area (Å²) in [6.45, 7) is 1.89. The normalized spacial score (nSPS) is 27.5. The van der Waals surface area contributed by atoms with Crippen LogP contribution in [0.5, 0.6) is 5.75 Å². The van der Waals surface area contributed by atoms with Crippen molar-refractivity contribution in [2.45, 2.75) is 25.0 Å². The molecule has 0 aromatic heterocycles. The molecule has 0 saturated carbocycles. The van der Waals surface area contributed by atoms with Crippen LogP contribution in [-0.2, 0) is 17.6 Å². The summed E-state index contributed by atoms with van der Waals surface area (Å²) in [5, 5.41) is 0. The van der Waals surface area contributed by atoms with Crippen molar-refractivity contribution in [3.8, 4) is 5.75 Å². The standard InChI is InChI=1S/C14H18INO2/c1-16-5-6-18-14-8-9-10(7-12(14)16)13(17-2)4-3-11(9)15/h3-4,12,14H,5-8H2,1-2H3. The van der Waals surface area contributed by atoms with Crippen molar-refractivity contribution in [2.75, 3.05) is 27.3 Å². The maximum Gasteiger partial charge on any atom is 0.122 e. The monoisotopic (exact) mass is 359 g/mol. The van der Waals surface area contributed by atoms with Crippen LogP contribution in [0.2, 0.25) is 0 Å². The summed E-state index contributed by atoms with van der Waals surface area (Å²) in [6.07, 6.45) is 2.40. The van der Waals surface area contributed by atoms with E-state index in [1.807, 2.05) is 0 Å². The minimum Gasteiger partial charge on any atom is -0.496 e. The van der Waals surface area contributed by atoms with Crippen LogP contribution < -0.4 is 4.74 Å². The van der Waals surface area contributed by atoms with Crippen molar-refractivity contribution in [3.63, 3.8) is 0 Å². The second-order valence-corrected chi connectivity index (χ2v) is 6.23. The molecular weight excluding hydrogens is 341 g/mol. The van der Waals surface area contributed by atoms with Crippen LogP contribution in [0.4, 0.5) is 0 Å². The van der Waals surface area contributed by atoms with Gasteiger partial charge >= 0.3 is 0 Å². The van der Waals surface area contributed by atoms with Crippen molar-refractivity contribution in [1.82, 2.24) is 4.90 Å². The summed E-state index contributed by atoms with van der Waals surface area (Å²) in [4.78, 5) is 2.43. The van der Waals surface area contributed by atoms with Gasteiger partial charge < -0.3 is 9.47 Å². The van der Waals surface area contributed by atoms with Gasteiger partial charge in [0.15, 0.2) is 0 Å². The van der Waals surface area contributed by atoms with Gasteiger partial charge in [-0.05, 0) is 53.8 Å². The number of rotatable bonds is 1. The number of methoxy groups -OCH3 is 1. The lowest BCUT2D eigenvalue weighted by atomic mass is 9.84. The molecule has 2 unspecified atom stereocenters. The fourth-order valence-electron chi connectivity index (χ4n) is 3.08. The van der Waals surface area contributed by atoms with Crippen LogP contribution in [0.25, 0.3) is 0 Å². The average Bonchev–Trinajstić information content (AvgIpc) is 2.39. The molecule has 3 nitrogen and oxygen atoms in total. The average molecular weight is 359 g/mol. The highest BCUT2D eigenvalue weighted by atomic mass is 127. The minimum absolute atomic E-state index is 0.344. The van der Waals surface area contributed by atoms with Crippen molar-refractivity contribution in [1.29, 1.82) is 0 Å². The van der Waals surface area contributed by atoms with Gasteiger partial charge in [-0.1, -0.05) is 0 Å². The fourth-order valence-corrected chi connectivity index (χ4v) is 3.81. The second kappa shape index (κ2) is 4.98. The molecule has 1 aliphatic carbocycles. The quantitative estimate of drug-likeness (QED) is 0.717. The number of benzene rings is 1. The highest BCUT2D eigenvalue weighted by Crippen LogP contribution is 2.36. The Morgan fingerprint density at radius 3 is 2.94 bits per heavy atom. The predicted molar refractivity (Wildman–Crippen MR) is 79.3 cm³/mol. The Hall–Kier alpha value is -0.330. The number of likely N-dealkylation sites (N-methyl/N-ethyl adjacent to an activating group) is 1. The van der Waals surface area contributed by atoms with Crippen LogP contribution in [0.1, 0.15) is 11.1 Å². The van der Waals surface area contributed by atoms with Crippen LogP contribution >= 0.6 is 22.6 Å². The van der Waals surface area contributed by atoms with Crippen LogP contribution in [0.15, 0.2) is 12.1 Å². The van der Waals surface area contributed by atoms with E-state index in [1.165, 1.54) is 14.7 Å². The molecule has 0 amide bonds. The minimum atomic E-state index is 0.344. The molecule has 0 bridgehead atoms. The summed E-state index contributed by atoms with van der Waals surface area (Å²) < 4.78 is 12.8. The summed E-state index contributed by atoms with van der Waals surface area (Å²) in [5.74, 6) is 1.03. The number of hydrogen-bond acceptors (Lipinski definition) is 3. The Morgan fingerprint density at radius 2 is 2.17 bits per heavy atom. The van der Waals surface area contributed by atoms with E-state index < -0.39 is 0 Å². The molecule has 1 heterocycles. The van der Waals surface area contributed by atoms with E-state index in [4.69, 9.17) is 9.47 Å². The van der Waals surface area contributed by atoms with Crippen molar-refractivity contribution >= 4 is 22.6 Å². The van der Waals surface area contributed by atoms with Crippen LogP contribution in [0.3, 0.4) is 0 Å². The highest BCUT2D eigenvalue weighted by molar-refractivity contribution is 14.1. The van der Waals surface area contributed by atoms with E-state index in [9.17, 15) is 0 Å². The van der Waals surface area contributed by atoms with Crippen LogP contribution in [-0.4, -0.2) is 44.4 Å². The Kier molecular flexibility index (Phi) is 3.51. The maximum atomic E-state index is 5.95. The first-order valence-corrected chi connectivity index (χ1v) is 7.44. The molecule has 2 atom stereocenters. The Labute approximate surface area is 122 Å². The predicted octanol–water partition coefficient (Wildman–Crippen LogP) is 2.10. The van der Waals surface area contributed by atoms with Gasteiger partial charge in [-0.25, -0.2) is 0 Å². The second-order valence-electron chi connectivity index (χ2n) is 5.07. The lowest BCUT2D eigenvalue weighted by molar-refractivity contribution is -0.0647. The molecule has 1 aromatic carbocycles. The van der Waals surface area contributed by atoms with Gasteiger partial charge in [0.1, 0.15) is 5.75 Å². The number of fused-ring (bicyclic) bond motifs is 2. The zero-order valence-corrected chi connectivity index (χ0v) is 12.9. The maximum absolute atomic E-state index is 5.95. The smallest absolute Gasteiger partial charge is 0.122 e. The van der Waals surface area contributed by atoms with Gasteiger partial charge in [0.2, 0.25) is 0 Å². The first kappa shape index (κ1) is 12.7. The van der Waals surface area contributed by atoms with Crippen LogP contribution in [0, 0.1) is 3.57 Å². The van der Waals surface area contributed by atoms with Crippen molar-refractivity contribution in [3.05, 3.63) is 26.8 Å². The largest absolute Gasteiger partial charge is 0.496 e. The lowest BCUT2D eigenvalue weighted by Crippen LogP contribution is -2.53. The number of morpholine rings is 1. The third-order valence-corrected chi connectivity index (χ3v) is 5.15. The van der Waals surface area contributed by atoms with E-state index in [0.29, 0.717) is 12.1 Å². The molecule has 0 spiro atoms. The van der Waals surface area contributed by atoms with Gasteiger partial charge in [-0.3, -0.25) is 4.90 Å². The Morgan fingerprint density at radius 1 is 1.33 bits per heavy atom. The van der Waals surface area contributed by atoms with Gasteiger partial charge in [0.25, 0.3) is 0 Å². The van der Waals surface area contributed by atoms with Gasteiger partial charge in [0, 0.05) is 28.1 Å². The van der Waals surface area contributed by atoms with Gasteiger partial charge in [0.05, 0.1) is 19.8 Å². The summed E-state index contributed by atoms with van der Waals surface area (Å²) in [7, 11) is 3.96. The summed E-state index contributed by atoms with van der Waals surface area (Å²) >= 11 is 2.42. The third kappa shape index (κ3) is 2.04. The fraction of sp³-hybridized carbons (Fsp3) is 0.571. The van der Waals surface area contributed by atoms with E-state index in [1.54, 1.807) is 7.11 Å². The zero-order valence-electron chi connectivity index (χ0n) is 10.8. The molecule has 1 fully saturated rings. The molecule has 98 valence electrons. The van der Waals surface area contributed by atoms with E-state index in [2.05, 4.69) is 46.7 Å². The molecule has 0 radical (unpaired) electrons. The Bertz CT molecular complexity index is 463. The van der Waals surface area contributed by atoms with Gasteiger partial charge in [-0.2, -0.15) is 0 Å². The summed E-state index contributed by atoms with van der Waals surface area (Å²) in [5.41, 5.74) is 2.80. The third-order valence-electron chi connectivity index (χ3n) is 4.14. The molecule has 2 aliphatic rings. The van der Waals surface area contributed by atoms with E-state index >= 15 is 0 Å². The molecule has 4 heteroatoms. The van der Waals surface area contributed by atoms with E-state index in [-0.39, 0.29) is 0 Å². The molecule has 1 saturated heterocycles. The first-order valence-electron chi connectivity index (χ1n) is 6.36. The number of hydrogen-bond donors (Lipinski definition) is 0. The first-order chi connectivity index (χ1) is 8.70. The molecule has 1 aliphatic heterocycles. The topological polar surface area (TPSA) is 21.7 Å². The van der Waals surface area contributed by atoms with Crippen molar-refractivity contribution < 1.29 is 9.47 Å². The zero-order chi connectivity index (χ0) is 12.7. The highest BCUT2D eigenvalue weighted by Gasteiger charge is 2.36. The van der Waals surface area contributed by atoms with Crippen molar-refractivity contribution in [2.24, 2.45) is 0 Å². The van der Waals surface area contributed by atoms with Gasteiger partial charge in [-0.15, -0.1) is 0 Å². The molecule has 18 heavy (non-hydrogen) atoms. The molecule has 3 rings (SSSR count). The number of ether oxygens (including phenoxy) is 2. The molecular formula is C14H18INO2. The summed E-state index contributed by atoms with van der Waals surface area (Å²) in [6, 6.07) is 4.73. The molecule has 1 aromatic rings.